The number of benzene rings is 1. The average Bonchev–Trinajstić information content (AvgIpc) is 2.89. The minimum absolute atomic E-state index is 0.553. The molecule has 0 saturated heterocycles. The van der Waals surface area contributed by atoms with Gasteiger partial charge in [0, 0.05) is 6.04 Å². The lowest BCUT2D eigenvalue weighted by Gasteiger charge is -2.28. The molecule has 1 saturated carbocycles. The van der Waals surface area contributed by atoms with Crippen LogP contribution in [0.1, 0.15) is 56.2 Å². The Morgan fingerprint density at radius 3 is 2.85 bits per heavy atom. The van der Waals surface area contributed by atoms with Crippen LogP contribution >= 0.6 is 0 Å². The van der Waals surface area contributed by atoms with Crippen molar-refractivity contribution in [2.45, 2.75) is 51.5 Å². The molecule has 3 rings (SSSR count). The molecule has 2 heteroatoms. The molecule has 0 heterocycles. The molecule has 110 valence electrons. The number of methoxy groups -OCH3 is 1. The monoisotopic (exact) mass is 273 g/mol. The smallest absolute Gasteiger partial charge is 0.119 e. The van der Waals surface area contributed by atoms with Gasteiger partial charge in [0.1, 0.15) is 5.75 Å². The Balaban J connectivity index is 1.67. The van der Waals surface area contributed by atoms with Crippen molar-refractivity contribution in [3.05, 3.63) is 29.3 Å². The van der Waals surface area contributed by atoms with E-state index in [1.807, 2.05) is 0 Å². The first-order valence-electron chi connectivity index (χ1n) is 8.18. The topological polar surface area (TPSA) is 21.3 Å². The molecule has 0 radical (unpaired) electrons. The van der Waals surface area contributed by atoms with Gasteiger partial charge in [-0.25, -0.2) is 0 Å². The summed E-state index contributed by atoms with van der Waals surface area (Å²) in [4.78, 5) is 0. The fourth-order valence-electron chi connectivity index (χ4n) is 3.95. The number of hydrogen-bond acceptors (Lipinski definition) is 2. The van der Waals surface area contributed by atoms with Crippen LogP contribution in [0.25, 0.3) is 0 Å². The number of fused-ring (bicyclic) bond motifs is 1. The number of ether oxygens (including phenoxy) is 1. The number of rotatable bonds is 4. The van der Waals surface area contributed by atoms with E-state index in [1.54, 1.807) is 7.11 Å². The van der Waals surface area contributed by atoms with Crippen molar-refractivity contribution in [1.82, 2.24) is 5.32 Å². The molecule has 1 N–H and O–H groups in total. The molecule has 0 aliphatic heterocycles. The van der Waals surface area contributed by atoms with Crippen LogP contribution in [0.4, 0.5) is 0 Å². The van der Waals surface area contributed by atoms with E-state index in [1.165, 1.54) is 56.2 Å². The predicted octanol–water partition coefficient (Wildman–Crippen LogP) is 4.10. The number of hydrogen-bond donors (Lipinski definition) is 1. The average molecular weight is 273 g/mol. The third kappa shape index (κ3) is 2.85. The van der Waals surface area contributed by atoms with Crippen molar-refractivity contribution in [2.75, 3.05) is 13.7 Å². The van der Waals surface area contributed by atoms with E-state index in [0.717, 1.165) is 17.6 Å². The van der Waals surface area contributed by atoms with E-state index in [2.05, 4.69) is 30.4 Å². The highest BCUT2D eigenvalue weighted by atomic mass is 16.5. The Kier molecular flexibility index (Phi) is 4.30. The first-order chi connectivity index (χ1) is 9.78. The SMILES string of the molecule is COc1ccc2c(c1)CCCC2NCC1CCCC1C. The highest BCUT2D eigenvalue weighted by Gasteiger charge is 2.26. The van der Waals surface area contributed by atoms with Crippen LogP contribution < -0.4 is 10.1 Å². The van der Waals surface area contributed by atoms with E-state index in [-0.39, 0.29) is 0 Å². The zero-order valence-corrected chi connectivity index (χ0v) is 12.8. The molecule has 0 aromatic heterocycles. The summed E-state index contributed by atoms with van der Waals surface area (Å²) >= 11 is 0. The Morgan fingerprint density at radius 2 is 2.10 bits per heavy atom. The summed E-state index contributed by atoms with van der Waals surface area (Å²) in [6, 6.07) is 7.15. The van der Waals surface area contributed by atoms with Gasteiger partial charge in [-0.2, -0.15) is 0 Å². The first-order valence-corrected chi connectivity index (χ1v) is 8.18. The van der Waals surface area contributed by atoms with Gasteiger partial charge < -0.3 is 10.1 Å². The first kappa shape index (κ1) is 13.9. The zero-order valence-electron chi connectivity index (χ0n) is 12.8. The van der Waals surface area contributed by atoms with Crippen LogP contribution in [0.3, 0.4) is 0 Å². The van der Waals surface area contributed by atoms with E-state index in [9.17, 15) is 0 Å². The van der Waals surface area contributed by atoms with Gasteiger partial charge in [-0.05, 0) is 67.3 Å². The van der Waals surface area contributed by atoms with Crippen LogP contribution in [-0.2, 0) is 6.42 Å². The molecule has 1 aromatic carbocycles. The van der Waals surface area contributed by atoms with Crippen molar-refractivity contribution >= 4 is 0 Å². The van der Waals surface area contributed by atoms with Gasteiger partial charge in [0.05, 0.1) is 7.11 Å². The maximum Gasteiger partial charge on any atom is 0.119 e. The normalized spacial score (nSPS) is 29.2. The van der Waals surface area contributed by atoms with Gasteiger partial charge in [0.15, 0.2) is 0 Å². The minimum atomic E-state index is 0.553. The third-order valence-electron chi connectivity index (χ3n) is 5.33. The van der Waals surface area contributed by atoms with E-state index in [4.69, 9.17) is 4.74 Å². The summed E-state index contributed by atoms with van der Waals surface area (Å²) in [5.41, 5.74) is 2.98. The van der Waals surface area contributed by atoms with Crippen LogP contribution in [0.15, 0.2) is 18.2 Å². The summed E-state index contributed by atoms with van der Waals surface area (Å²) in [7, 11) is 1.75. The fraction of sp³-hybridized carbons (Fsp3) is 0.667. The fourth-order valence-corrected chi connectivity index (χ4v) is 3.95. The number of aryl methyl sites for hydroxylation is 1. The Hall–Kier alpha value is -1.02. The van der Waals surface area contributed by atoms with Crippen molar-refractivity contribution in [3.63, 3.8) is 0 Å². The minimum Gasteiger partial charge on any atom is -0.497 e. The van der Waals surface area contributed by atoms with E-state index < -0.39 is 0 Å². The quantitative estimate of drug-likeness (QED) is 0.892. The Labute approximate surface area is 122 Å². The lowest BCUT2D eigenvalue weighted by molar-refractivity contribution is 0.352. The van der Waals surface area contributed by atoms with E-state index >= 15 is 0 Å². The summed E-state index contributed by atoms with van der Waals surface area (Å²) in [6.45, 7) is 3.61. The molecule has 2 aliphatic carbocycles. The molecule has 2 nitrogen and oxygen atoms in total. The molecular weight excluding hydrogens is 246 g/mol. The summed E-state index contributed by atoms with van der Waals surface area (Å²) in [5.74, 6) is 2.79. The third-order valence-corrected chi connectivity index (χ3v) is 5.33. The van der Waals surface area contributed by atoms with Gasteiger partial charge >= 0.3 is 0 Å². The van der Waals surface area contributed by atoms with Crippen molar-refractivity contribution < 1.29 is 4.74 Å². The maximum atomic E-state index is 5.35. The molecular formula is C18H27NO. The predicted molar refractivity (Wildman–Crippen MR) is 83.2 cm³/mol. The van der Waals surface area contributed by atoms with E-state index in [0.29, 0.717) is 6.04 Å². The molecule has 0 bridgehead atoms. The molecule has 20 heavy (non-hydrogen) atoms. The van der Waals surface area contributed by atoms with Crippen LogP contribution in [0.5, 0.6) is 5.75 Å². The largest absolute Gasteiger partial charge is 0.497 e. The van der Waals surface area contributed by atoms with Crippen molar-refractivity contribution in [3.8, 4) is 5.75 Å². The second-order valence-corrected chi connectivity index (χ2v) is 6.59. The molecule has 2 aliphatic rings. The summed E-state index contributed by atoms with van der Waals surface area (Å²) < 4.78 is 5.35. The zero-order chi connectivity index (χ0) is 13.9. The van der Waals surface area contributed by atoms with Crippen molar-refractivity contribution in [2.24, 2.45) is 11.8 Å². The highest BCUT2D eigenvalue weighted by Crippen LogP contribution is 2.34. The van der Waals surface area contributed by atoms with Gasteiger partial charge in [-0.1, -0.05) is 25.8 Å². The Bertz CT molecular complexity index is 457. The summed E-state index contributed by atoms with van der Waals surface area (Å²) in [6.07, 6.45) is 8.02. The van der Waals surface area contributed by atoms with Crippen molar-refractivity contribution in [1.29, 1.82) is 0 Å². The van der Waals surface area contributed by atoms with Crippen LogP contribution in [-0.4, -0.2) is 13.7 Å². The molecule has 1 aromatic rings. The second kappa shape index (κ2) is 6.17. The van der Waals surface area contributed by atoms with Gasteiger partial charge in [0.2, 0.25) is 0 Å². The highest BCUT2D eigenvalue weighted by molar-refractivity contribution is 5.39. The molecule has 0 spiro atoms. The van der Waals surface area contributed by atoms with Crippen LogP contribution in [0, 0.1) is 11.8 Å². The molecule has 0 amide bonds. The number of nitrogens with one attached hydrogen (secondary N) is 1. The Morgan fingerprint density at radius 1 is 1.20 bits per heavy atom. The molecule has 1 fully saturated rings. The van der Waals surface area contributed by atoms with Gasteiger partial charge in [-0.15, -0.1) is 0 Å². The van der Waals surface area contributed by atoms with Gasteiger partial charge in [0.25, 0.3) is 0 Å². The molecule has 3 unspecified atom stereocenters. The second-order valence-electron chi connectivity index (χ2n) is 6.59. The van der Waals surface area contributed by atoms with Crippen LogP contribution in [0.2, 0.25) is 0 Å². The van der Waals surface area contributed by atoms with Gasteiger partial charge in [-0.3, -0.25) is 0 Å². The maximum absolute atomic E-state index is 5.35. The summed E-state index contributed by atoms with van der Waals surface area (Å²) in [5, 5.41) is 3.85. The standard InChI is InChI=1S/C18H27NO/c1-13-5-3-7-15(13)12-19-18-8-4-6-14-11-16(20-2)9-10-17(14)18/h9-11,13,15,18-19H,3-8,12H2,1-2H3. The molecule has 3 atom stereocenters. The lowest BCUT2D eigenvalue weighted by Crippen LogP contribution is -2.30. The lowest BCUT2D eigenvalue weighted by atomic mass is 9.87.